The van der Waals surface area contributed by atoms with Gasteiger partial charge in [0.05, 0.1) is 5.39 Å². The van der Waals surface area contributed by atoms with Gasteiger partial charge in [0.15, 0.2) is 0 Å². The molecule has 0 radical (unpaired) electrons. The number of hydrogen-bond donors (Lipinski definition) is 0. The number of ether oxygens (including phenoxy) is 2. The van der Waals surface area contributed by atoms with Crippen molar-refractivity contribution < 1.29 is 13.9 Å². The van der Waals surface area contributed by atoms with E-state index in [0.717, 1.165) is 5.56 Å². The molecule has 0 N–H and O–H groups in total. The summed E-state index contributed by atoms with van der Waals surface area (Å²) < 4.78 is 17.4. The van der Waals surface area contributed by atoms with Crippen molar-refractivity contribution in [2.24, 2.45) is 0 Å². The molecule has 0 atom stereocenters. The molecule has 0 fully saturated rings. The molecule has 0 bridgehead atoms. The highest BCUT2D eigenvalue weighted by Crippen LogP contribution is 2.27. The first-order chi connectivity index (χ1) is 14.8. The van der Waals surface area contributed by atoms with Gasteiger partial charge >= 0.3 is 0 Å². The van der Waals surface area contributed by atoms with Crippen molar-refractivity contribution in [2.75, 3.05) is 0 Å². The largest absolute Gasteiger partial charge is 0.489 e. The molecule has 1 heterocycles. The highest BCUT2D eigenvalue weighted by Gasteiger charge is 2.14. The summed E-state index contributed by atoms with van der Waals surface area (Å²) >= 11 is 0. The molecule has 0 spiro atoms. The second-order valence-electron chi connectivity index (χ2n) is 8.68. The molecule has 3 aromatic carbocycles. The Kier molecular flexibility index (Phi) is 5.55. The third kappa shape index (κ3) is 4.64. The lowest BCUT2D eigenvalue weighted by Crippen LogP contribution is -2.10. The molecule has 0 aliphatic heterocycles. The predicted octanol–water partition coefficient (Wildman–Crippen LogP) is 6.77. The predicted molar refractivity (Wildman–Crippen MR) is 123 cm³/mol. The van der Waals surface area contributed by atoms with Crippen LogP contribution in [0, 0.1) is 6.92 Å². The molecule has 4 aromatic rings. The Labute approximate surface area is 182 Å². The van der Waals surface area contributed by atoms with Gasteiger partial charge < -0.3 is 13.9 Å². The third-order valence-electron chi connectivity index (χ3n) is 5.32. The average Bonchev–Trinajstić information content (AvgIpc) is 2.75. The average molecular weight is 415 g/mol. The lowest BCUT2D eigenvalue weighted by molar-refractivity contribution is 0.305. The van der Waals surface area contributed by atoms with Crippen LogP contribution in [0.4, 0.5) is 0 Å². The number of hydrogen-bond acceptors (Lipinski definition) is 4. The monoisotopic (exact) mass is 414 g/mol. The smallest absolute Gasteiger partial charge is 0.235 e. The third-order valence-corrected chi connectivity index (χ3v) is 5.32. The topological polar surface area (TPSA) is 48.7 Å². The Morgan fingerprint density at radius 3 is 2.32 bits per heavy atom. The Hall–Kier alpha value is -3.53. The molecule has 0 unspecified atom stereocenters. The summed E-state index contributed by atoms with van der Waals surface area (Å²) in [6, 6.07) is 21.1. The van der Waals surface area contributed by atoms with Crippen molar-refractivity contribution in [1.82, 2.24) is 0 Å². The van der Waals surface area contributed by atoms with E-state index in [1.165, 1.54) is 17.4 Å². The quantitative estimate of drug-likeness (QED) is 0.361. The van der Waals surface area contributed by atoms with Crippen LogP contribution < -0.4 is 14.9 Å². The normalized spacial score (nSPS) is 11.5. The van der Waals surface area contributed by atoms with E-state index >= 15 is 0 Å². The van der Waals surface area contributed by atoms with E-state index in [4.69, 9.17) is 13.9 Å². The van der Waals surface area contributed by atoms with Gasteiger partial charge in [0.25, 0.3) is 0 Å². The SMILES string of the molecule is Cc1ccccc1COc1ccc2c(=O)c(Oc3ccc(C(C)(C)C)cc3)coc2c1. The molecule has 4 rings (SSSR count). The van der Waals surface area contributed by atoms with Crippen LogP contribution in [0.5, 0.6) is 17.2 Å². The van der Waals surface area contributed by atoms with E-state index in [1.54, 1.807) is 18.2 Å². The number of rotatable bonds is 5. The zero-order valence-corrected chi connectivity index (χ0v) is 18.3. The first-order valence-corrected chi connectivity index (χ1v) is 10.3. The van der Waals surface area contributed by atoms with Crippen LogP contribution in [0.15, 0.2) is 82.2 Å². The summed E-state index contributed by atoms with van der Waals surface area (Å²) in [5.74, 6) is 1.40. The molecule has 0 aliphatic carbocycles. The zero-order valence-electron chi connectivity index (χ0n) is 18.3. The fourth-order valence-corrected chi connectivity index (χ4v) is 3.33. The van der Waals surface area contributed by atoms with Crippen LogP contribution >= 0.6 is 0 Å². The summed E-state index contributed by atoms with van der Waals surface area (Å²) in [5.41, 5.74) is 3.79. The summed E-state index contributed by atoms with van der Waals surface area (Å²) in [7, 11) is 0. The van der Waals surface area contributed by atoms with Crippen LogP contribution in [0.1, 0.15) is 37.5 Å². The highest BCUT2D eigenvalue weighted by atomic mass is 16.5. The minimum Gasteiger partial charge on any atom is -0.489 e. The van der Waals surface area contributed by atoms with Crippen LogP contribution in [0.2, 0.25) is 0 Å². The molecule has 0 saturated carbocycles. The van der Waals surface area contributed by atoms with Gasteiger partial charge in [-0.1, -0.05) is 57.2 Å². The summed E-state index contributed by atoms with van der Waals surface area (Å²) in [5, 5.41) is 0.451. The van der Waals surface area contributed by atoms with Crippen molar-refractivity contribution in [1.29, 1.82) is 0 Å². The Morgan fingerprint density at radius 2 is 1.61 bits per heavy atom. The maximum atomic E-state index is 12.9. The van der Waals surface area contributed by atoms with Crippen molar-refractivity contribution in [3.8, 4) is 17.2 Å². The van der Waals surface area contributed by atoms with Gasteiger partial charge in [0.1, 0.15) is 30.0 Å². The minimum absolute atomic E-state index is 0.0551. The lowest BCUT2D eigenvalue weighted by Gasteiger charge is -2.19. The molecule has 0 saturated heterocycles. The Bertz CT molecular complexity index is 1260. The van der Waals surface area contributed by atoms with Crippen molar-refractivity contribution in [3.63, 3.8) is 0 Å². The second kappa shape index (κ2) is 8.31. The molecule has 1 aromatic heterocycles. The van der Waals surface area contributed by atoms with Crippen LogP contribution in [0.3, 0.4) is 0 Å². The standard InChI is InChI=1S/C27H26O4/c1-18-7-5-6-8-19(18)16-29-22-13-14-23-24(15-22)30-17-25(26(23)28)31-21-11-9-20(10-12-21)27(2,3)4/h5-15,17H,16H2,1-4H3. The zero-order chi connectivity index (χ0) is 22.0. The van der Waals surface area contributed by atoms with Gasteiger partial charge in [-0.15, -0.1) is 0 Å². The van der Waals surface area contributed by atoms with Gasteiger partial charge in [0.2, 0.25) is 11.2 Å². The molecule has 0 amide bonds. The van der Waals surface area contributed by atoms with Gasteiger partial charge in [-0.05, 0) is 53.3 Å². The van der Waals surface area contributed by atoms with Crippen LogP contribution in [-0.2, 0) is 12.0 Å². The lowest BCUT2D eigenvalue weighted by atomic mass is 9.87. The van der Waals surface area contributed by atoms with Crippen molar-refractivity contribution in [3.05, 3.63) is 99.9 Å². The van der Waals surface area contributed by atoms with E-state index in [-0.39, 0.29) is 16.6 Å². The van der Waals surface area contributed by atoms with E-state index in [1.807, 2.05) is 42.5 Å². The van der Waals surface area contributed by atoms with E-state index < -0.39 is 0 Å². The highest BCUT2D eigenvalue weighted by molar-refractivity contribution is 5.79. The minimum atomic E-state index is -0.216. The van der Waals surface area contributed by atoms with Crippen LogP contribution in [-0.4, -0.2) is 0 Å². The molecular formula is C27H26O4. The van der Waals surface area contributed by atoms with E-state index in [9.17, 15) is 4.79 Å². The number of aryl methyl sites for hydroxylation is 1. The summed E-state index contributed by atoms with van der Waals surface area (Å²) in [6.45, 7) is 8.96. The molecule has 0 aliphatic rings. The Balaban J connectivity index is 1.53. The fourth-order valence-electron chi connectivity index (χ4n) is 3.33. The summed E-state index contributed by atoms with van der Waals surface area (Å²) in [6.07, 6.45) is 1.35. The first-order valence-electron chi connectivity index (χ1n) is 10.3. The van der Waals surface area contributed by atoms with Crippen LogP contribution in [0.25, 0.3) is 11.0 Å². The fraction of sp³-hybridized carbons (Fsp3) is 0.222. The van der Waals surface area contributed by atoms with Crippen molar-refractivity contribution >= 4 is 11.0 Å². The number of fused-ring (bicyclic) bond motifs is 1. The second-order valence-corrected chi connectivity index (χ2v) is 8.68. The van der Waals surface area contributed by atoms with Gasteiger partial charge in [-0.25, -0.2) is 0 Å². The van der Waals surface area contributed by atoms with Gasteiger partial charge in [-0.3, -0.25) is 4.79 Å². The number of benzene rings is 3. The molecule has 4 nitrogen and oxygen atoms in total. The molecule has 158 valence electrons. The van der Waals surface area contributed by atoms with Gasteiger partial charge in [-0.2, -0.15) is 0 Å². The molecule has 31 heavy (non-hydrogen) atoms. The first kappa shape index (κ1) is 20.7. The molecular weight excluding hydrogens is 388 g/mol. The maximum Gasteiger partial charge on any atom is 0.235 e. The molecule has 4 heteroatoms. The maximum absolute atomic E-state index is 12.9. The Morgan fingerprint density at radius 1 is 0.903 bits per heavy atom. The van der Waals surface area contributed by atoms with Gasteiger partial charge in [0, 0.05) is 6.07 Å². The summed E-state index contributed by atoms with van der Waals surface area (Å²) in [4.78, 5) is 12.9. The van der Waals surface area contributed by atoms with E-state index in [0.29, 0.717) is 29.1 Å². The van der Waals surface area contributed by atoms with Crippen molar-refractivity contribution in [2.45, 2.75) is 39.7 Å². The van der Waals surface area contributed by atoms with E-state index in [2.05, 4.69) is 33.8 Å².